The van der Waals surface area contributed by atoms with Gasteiger partial charge in [0.2, 0.25) is 0 Å². The number of nitrogens with one attached hydrogen (secondary N) is 1. The van der Waals surface area contributed by atoms with E-state index in [4.69, 9.17) is 5.73 Å². The van der Waals surface area contributed by atoms with Crippen LogP contribution in [0.4, 0.5) is 11.5 Å². The van der Waals surface area contributed by atoms with E-state index in [-0.39, 0.29) is 0 Å². The number of nitrogens with two attached hydrogens (primary N) is 1. The minimum Gasteiger partial charge on any atom is -0.340 e. The van der Waals surface area contributed by atoms with Crippen molar-refractivity contribution in [2.75, 3.05) is 5.32 Å². The van der Waals surface area contributed by atoms with Crippen molar-refractivity contribution < 1.29 is 0 Å². The zero-order valence-corrected chi connectivity index (χ0v) is 10.1. The second-order valence-electron chi connectivity index (χ2n) is 4.06. The normalized spacial score (nSPS) is 10.3. The van der Waals surface area contributed by atoms with Crippen LogP contribution < -0.4 is 11.1 Å². The van der Waals surface area contributed by atoms with Crippen molar-refractivity contribution in [2.45, 2.75) is 20.4 Å². The standard InChI is InChI=1S/C13H16N4/c1-9-5-10(2)7-11(6-9)16-12-3-4-15-13(8-14)17-12/h3-7H,8,14H2,1-2H3,(H,15,16,17). The van der Waals surface area contributed by atoms with E-state index in [1.54, 1.807) is 6.20 Å². The first-order chi connectivity index (χ1) is 8.17. The van der Waals surface area contributed by atoms with Crippen LogP contribution in [0, 0.1) is 13.8 Å². The summed E-state index contributed by atoms with van der Waals surface area (Å²) in [7, 11) is 0. The minimum atomic E-state index is 0.350. The molecule has 17 heavy (non-hydrogen) atoms. The van der Waals surface area contributed by atoms with Crippen molar-refractivity contribution in [3.05, 3.63) is 47.4 Å². The van der Waals surface area contributed by atoms with Gasteiger partial charge >= 0.3 is 0 Å². The molecule has 2 rings (SSSR count). The van der Waals surface area contributed by atoms with Crippen molar-refractivity contribution in [1.29, 1.82) is 0 Å². The van der Waals surface area contributed by atoms with E-state index in [0.29, 0.717) is 12.4 Å². The predicted octanol–water partition coefficient (Wildman–Crippen LogP) is 2.30. The number of anilines is 2. The van der Waals surface area contributed by atoms with Crippen LogP contribution in [0.25, 0.3) is 0 Å². The molecular formula is C13H16N4. The zero-order chi connectivity index (χ0) is 12.3. The van der Waals surface area contributed by atoms with Crippen LogP contribution in [-0.4, -0.2) is 9.97 Å². The molecule has 3 N–H and O–H groups in total. The van der Waals surface area contributed by atoms with Crippen LogP contribution in [0.1, 0.15) is 17.0 Å². The molecule has 0 radical (unpaired) electrons. The molecule has 0 fully saturated rings. The third-order valence-corrected chi connectivity index (χ3v) is 2.38. The fourth-order valence-electron chi connectivity index (χ4n) is 1.76. The van der Waals surface area contributed by atoms with Gasteiger partial charge in [-0.2, -0.15) is 0 Å². The molecule has 0 saturated carbocycles. The lowest BCUT2D eigenvalue weighted by molar-refractivity contribution is 0.912. The van der Waals surface area contributed by atoms with E-state index in [2.05, 4.69) is 47.3 Å². The number of nitrogens with zero attached hydrogens (tertiary/aromatic N) is 2. The molecule has 88 valence electrons. The molecule has 0 unspecified atom stereocenters. The smallest absolute Gasteiger partial charge is 0.144 e. The van der Waals surface area contributed by atoms with Crippen molar-refractivity contribution >= 4 is 11.5 Å². The Morgan fingerprint density at radius 1 is 1.18 bits per heavy atom. The number of hydrogen-bond acceptors (Lipinski definition) is 4. The number of rotatable bonds is 3. The van der Waals surface area contributed by atoms with Gasteiger partial charge in [0.15, 0.2) is 0 Å². The summed E-state index contributed by atoms with van der Waals surface area (Å²) >= 11 is 0. The molecule has 4 nitrogen and oxygen atoms in total. The quantitative estimate of drug-likeness (QED) is 0.846. The first-order valence-electron chi connectivity index (χ1n) is 5.54. The van der Waals surface area contributed by atoms with Crippen LogP contribution in [-0.2, 0) is 6.54 Å². The molecule has 4 heteroatoms. The van der Waals surface area contributed by atoms with Gasteiger partial charge in [0.1, 0.15) is 11.6 Å². The average Bonchev–Trinajstić information content (AvgIpc) is 2.28. The third-order valence-electron chi connectivity index (χ3n) is 2.38. The summed E-state index contributed by atoms with van der Waals surface area (Å²) in [6.07, 6.45) is 1.71. The third kappa shape index (κ3) is 3.01. The van der Waals surface area contributed by atoms with Gasteiger partial charge < -0.3 is 11.1 Å². The fraction of sp³-hybridized carbons (Fsp3) is 0.231. The summed E-state index contributed by atoms with van der Waals surface area (Å²) in [6.45, 7) is 4.50. The summed E-state index contributed by atoms with van der Waals surface area (Å²) < 4.78 is 0. The molecule has 0 aliphatic heterocycles. The molecule has 2 aromatic rings. The Labute approximate surface area is 101 Å². The van der Waals surface area contributed by atoms with Gasteiger partial charge in [-0.05, 0) is 43.2 Å². The Bertz CT molecular complexity index is 502. The highest BCUT2D eigenvalue weighted by Gasteiger charge is 1.99. The first-order valence-corrected chi connectivity index (χ1v) is 5.54. The zero-order valence-electron chi connectivity index (χ0n) is 10.1. The summed E-state index contributed by atoms with van der Waals surface area (Å²) in [4.78, 5) is 8.36. The molecule has 0 amide bonds. The number of aromatic nitrogens is 2. The van der Waals surface area contributed by atoms with E-state index < -0.39 is 0 Å². The summed E-state index contributed by atoms with van der Waals surface area (Å²) in [6, 6.07) is 8.13. The van der Waals surface area contributed by atoms with E-state index >= 15 is 0 Å². The predicted molar refractivity (Wildman–Crippen MR) is 69.1 cm³/mol. The minimum absolute atomic E-state index is 0.350. The second-order valence-corrected chi connectivity index (χ2v) is 4.06. The first kappa shape index (κ1) is 11.5. The monoisotopic (exact) mass is 228 g/mol. The highest BCUT2D eigenvalue weighted by molar-refractivity contribution is 5.57. The van der Waals surface area contributed by atoms with Crippen molar-refractivity contribution in [1.82, 2.24) is 9.97 Å². The number of hydrogen-bond donors (Lipinski definition) is 2. The maximum Gasteiger partial charge on any atom is 0.144 e. The fourth-order valence-corrected chi connectivity index (χ4v) is 1.76. The van der Waals surface area contributed by atoms with Gasteiger partial charge in [-0.25, -0.2) is 9.97 Å². The van der Waals surface area contributed by atoms with Crippen LogP contribution in [0.15, 0.2) is 30.5 Å². The molecule has 0 atom stereocenters. The summed E-state index contributed by atoms with van der Waals surface area (Å²) in [5.41, 5.74) is 8.98. The van der Waals surface area contributed by atoms with Gasteiger partial charge in [0, 0.05) is 11.9 Å². The Balaban J connectivity index is 2.24. The molecule has 1 heterocycles. The Kier molecular flexibility index (Phi) is 3.35. The lowest BCUT2D eigenvalue weighted by atomic mass is 10.1. The van der Waals surface area contributed by atoms with E-state index in [0.717, 1.165) is 11.5 Å². The van der Waals surface area contributed by atoms with Crippen LogP contribution in [0.5, 0.6) is 0 Å². The molecule has 0 bridgehead atoms. The molecule has 0 spiro atoms. The van der Waals surface area contributed by atoms with Gasteiger partial charge in [-0.1, -0.05) is 6.07 Å². The Morgan fingerprint density at radius 3 is 2.53 bits per heavy atom. The van der Waals surface area contributed by atoms with Crippen LogP contribution in [0.2, 0.25) is 0 Å². The van der Waals surface area contributed by atoms with Crippen molar-refractivity contribution in [3.8, 4) is 0 Å². The Hall–Kier alpha value is -1.94. The lowest BCUT2D eigenvalue weighted by Crippen LogP contribution is -2.04. The van der Waals surface area contributed by atoms with Crippen LogP contribution >= 0.6 is 0 Å². The second kappa shape index (κ2) is 4.93. The van der Waals surface area contributed by atoms with Crippen molar-refractivity contribution in [2.24, 2.45) is 5.73 Å². The number of benzene rings is 1. The molecule has 1 aromatic carbocycles. The van der Waals surface area contributed by atoms with Gasteiger partial charge in [-0.15, -0.1) is 0 Å². The SMILES string of the molecule is Cc1cc(C)cc(Nc2ccnc(CN)n2)c1. The lowest BCUT2D eigenvalue weighted by Gasteiger charge is -2.08. The van der Waals surface area contributed by atoms with E-state index in [9.17, 15) is 0 Å². The molecule has 0 aliphatic carbocycles. The molecule has 0 saturated heterocycles. The van der Waals surface area contributed by atoms with E-state index in [1.165, 1.54) is 11.1 Å². The maximum atomic E-state index is 5.51. The van der Waals surface area contributed by atoms with Gasteiger partial charge in [0.25, 0.3) is 0 Å². The van der Waals surface area contributed by atoms with E-state index in [1.807, 2.05) is 6.07 Å². The summed E-state index contributed by atoms with van der Waals surface area (Å²) in [5.74, 6) is 1.41. The van der Waals surface area contributed by atoms with Crippen molar-refractivity contribution in [3.63, 3.8) is 0 Å². The molecular weight excluding hydrogens is 212 g/mol. The van der Waals surface area contributed by atoms with Crippen LogP contribution in [0.3, 0.4) is 0 Å². The maximum absolute atomic E-state index is 5.51. The largest absolute Gasteiger partial charge is 0.340 e. The topological polar surface area (TPSA) is 63.8 Å². The number of aryl methyl sites for hydroxylation is 2. The molecule has 0 aliphatic rings. The summed E-state index contributed by atoms with van der Waals surface area (Å²) in [5, 5.41) is 3.25. The highest BCUT2D eigenvalue weighted by Crippen LogP contribution is 2.17. The van der Waals surface area contributed by atoms with Gasteiger partial charge in [-0.3, -0.25) is 0 Å². The average molecular weight is 228 g/mol. The van der Waals surface area contributed by atoms with Gasteiger partial charge in [0.05, 0.1) is 6.54 Å². The molecule has 1 aromatic heterocycles. The highest BCUT2D eigenvalue weighted by atomic mass is 15.0. The Morgan fingerprint density at radius 2 is 1.88 bits per heavy atom.